The molecule has 0 aliphatic rings. The molecule has 0 rings (SSSR count). The number of carbonyl (C=O) groups is 2. The zero-order valence-electron chi connectivity index (χ0n) is 7.62. The van der Waals surface area contributed by atoms with Crippen molar-refractivity contribution < 1.29 is 24.2 Å². The molecule has 76 valence electrons. The summed E-state index contributed by atoms with van der Waals surface area (Å²) >= 11 is 0. The van der Waals surface area contributed by atoms with Gasteiger partial charge < -0.3 is 14.6 Å². The van der Waals surface area contributed by atoms with E-state index in [1.165, 1.54) is 7.11 Å². The van der Waals surface area contributed by atoms with E-state index >= 15 is 0 Å². The van der Waals surface area contributed by atoms with E-state index in [2.05, 4.69) is 9.47 Å². The van der Waals surface area contributed by atoms with Crippen LogP contribution in [-0.2, 0) is 19.1 Å². The molecule has 0 unspecified atom stereocenters. The Balaban J connectivity index is 3.35. The van der Waals surface area contributed by atoms with Crippen molar-refractivity contribution in [2.45, 2.75) is 19.3 Å². The number of methoxy groups -OCH3 is 1. The molecule has 0 radical (unpaired) electrons. The van der Waals surface area contributed by atoms with Gasteiger partial charge in [-0.05, 0) is 0 Å². The summed E-state index contributed by atoms with van der Waals surface area (Å²) in [5.74, 6) is -0.877. The second kappa shape index (κ2) is 7.54. The summed E-state index contributed by atoms with van der Waals surface area (Å²) in [5.41, 5.74) is 0. The molecule has 0 amide bonds. The van der Waals surface area contributed by atoms with Crippen LogP contribution >= 0.6 is 0 Å². The first-order valence-corrected chi connectivity index (χ1v) is 4.04. The smallest absolute Gasteiger partial charge is 0.306 e. The van der Waals surface area contributed by atoms with E-state index in [9.17, 15) is 9.59 Å². The van der Waals surface area contributed by atoms with E-state index in [4.69, 9.17) is 5.11 Å². The van der Waals surface area contributed by atoms with Crippen LogP contribution < -0.4 is 0 Å². The third kappa shape index (κ3) is 7.27. The molecule has 0 fully saturated rings. The number of aliphatic hydroxyl groups is 1. The van der Waals surface area contributed by atoms with Crippen molar-refractivity contribution in [1.29, 1.82) is 0 Å². The van der Waals surface area contributed by atoms with Gasteiger partial charge in [-0.25, -0.2) is 0 Å². The molecule has 0 bridgehead atoms. The fourth-order valence-corrected chi connectivity index (χ4v) is 0.629. The molecular formula is C8H14O5. The average molecular weight is 190 g/mol. The van der Waals surface area contributed by atoms with Gasteiger partial charge in [-0.15, -0.1) is 0 Å². The van der Waals surface area contributed by atoms with Crippen LogP contribution in [0.3, 0.4) is 0 Å². The Labute approximate surface area is 76.6 Å². The van der Waals surface area contributed by atoms with E-state index in [1.807, 2.05) is 0 Å². The van der Waals surface area contributed by atoms with Crippen molar-refractivity contribution >= 4 is 11.9 Å². The fourth-order valence-electron chi connectivity index (χ4n) is 0.629. The second-order valence-electron chi connectivity index (χ2n) is 2.37. The number of hydrogen-bond donors (Lipinski definition) is 1. The molecule has 1 N–H and O–H groups in total. The van der Waals surface area contributed by atoms with Crippen LogP contribution in [0.5, 0.6) is 0 Å². The van der Waals surface area contributed by atoms with Gasteiger partial charge in [0.15, 0.2) is 0 Å². The molecule has 0 heterocycles. The maximum atomic E-state index is 10.8. The highest BCUT2D eigenvalue weighted by Gasteiger charge is 2.06. The highest BCUT2D eigenvalue weighted by molar-refractivity contribution is 5.77. The summed E-state index contributed by atoms with van der Waals surface area (Å²) < 4.78 is 9.01. The lowest BCUT2D eigenvalue weighted by Gasteiger charge is -2.02. The Kier molecular flexibility index (Phi) is 6.91. The van der Waals surface area contributed by atoms with Crippen LogP contribution in [-0.4, -0.2) is 37.4 Å². The van der Waals surface area contributed by atoms with Gasteiger partial charge in [0.25, 0.3) is 0 Å². The Morgan fingerprint density at radius 1 is 1.23 bits per heavy atom. The quantitative estimate of drug-likeness (QED) is 0.466. The van der Waals surface area contributed by atoms with Crippen LogP contribution in [0.25, 0.3) is 0 Å². The maximum Gasteiger partial charge on any atom is 0.306 e. The second-order valence-corrected chi connectivity index (χ2v) is 2.37. The zero-order chi connectivity index (χ0) is 10.1. The number of hydrogen-bond acceptors (Lipinski definition) is 5. The van der Waals surface area contributed by atoms with E-state index in [0.29, 0.717) is 6.42 Å². The lowest BCUT2D eigenvalue weighted by Crippen LogP contribution is -2.10. The van der Waals surface area contributed by atoms with Crippen molar-refractivity contribution in [3.05, 3.63) is 0 Å². The van der Waals surface area contributed by atoms with Gasteiger partial charge in [0.05, 0.1) is 26.6 Å². The van der Waals surface area contributed by atoms with E-state index in [-0.39, 0.29) is 26.1 Å². The minimum absolute atomic E-state index is 0.00964. The molecule has 0 saturated heterocycles. The van der Waals surface area contributed by atoms with Gasteiger partial charge >= 0.3 is 11.9 Å². The van der Waals surface area contributed by atoms with Crippen molar-refractivity contribution in [3.8, 4) is 0 Å². The third-order valence-corrected chi connectivity index (χ3v) is 1.33. The standard InChI is InChI=1S/C8H14O5/c1-12-7(10)3-4-8(11)13-6-2-5-9/h9H,2-6H2,1H3. The van der Waals surface area contributed by atoms with Crippen molar-refractivity contribution in [3.63, 3.8) is 0 Å². The number of ether oxygens (including phenoxy) is 2. The number of carbonyl (C=O) groups excluding carboxylic acids is 2. The topological polar surface area (TPSA) is 72.8 Å². The third-order valence-electron chi connectivity index (χ3n) is 1.33. The molecule has 0 atom stereocenters. The summed E-state index contributed by atoms with van der Waals surface area (Å²) in [4.78, 5) is 21.4. The van der Waals surface area contributed by atoms with Crippen LogP contribution in [0.2, 0.25) is 0 Å². The molecule has 0 spiro atoms. The first-order valence-electron chi connectivity index (χ1n) is 4.04. The zero-order valence-corrected chi connectivity index (χ0v) is 7.62. The number of rotatable bonds is 6. The molecule has 0 aromatic rings. The van der Waals surface area contributed by atoms with E-state index in [0.717, 1.165) is 0 Å². The Morgan fingerprint density at radius 3 is 2.38 bits per heavy atom. The normalized spacial score (nSPS) is 9.38. The van der Waals surface area contributed by atoms with Crippen molar-refractivity contribution in [2.75, 3.05) is 20.3 Å². The monoisotopic (exact) mass is 190 g/mol. The summed E-state index contributed by atoms with van der Waals surface area (Å²) in [7, 11) is 1.26. The van der Waals surface area contributed by atoms with Gasteiger partial charge in [-0.2, -0.15) is 0 Å². The SMILES string of the molecule is COC(=O)CCC(=O)OCCCO. The minimum atomic E-state index is -0.446. The van der Waals surface area contributed by atoms with Gasteiger partial charge in [0, 0.05) is 13.0 Å². The molecule has 13 heavy (non-hydrogen) atoms. The first-order chi connectivity index (χ1) is 6.20. The number of esters is 2. The van der Waals surface area contributed by atoms with Crippen LogP contribution in [0.4, 0.5) is 0 Å². The summed E-state index contributed by atoms with van der Waals surface area (Å²) in [6.45, 7) is 0.181. The summed E-state index contributed by atoms with van der Waals surface area (Å²) in [5, 5.41) is 8.37. The summed E-state index contributed by atoms with van der Waals surface area (Å²) in [6.07, 6.45) is 0.483. The van der Waals surface area contributed by atoms with Gasteiger partial charge in [-0.1, -0.05) is 0 Å². The number of aliphatic hydroxyl groups excluding tert-OH is 1. The first kappa shape index (κ1) is 11.9. The van der Waals surface area contributed by atoms with Crippen molar-refractivity contribution in [1.82, 2.24) is 0 Å². The van der Waals surface area contributed by atoms with Crippen molar-refractivity contribution in [2.24, 2.45) is 0 Å². The molecule has 0 saturated carbocycles. The molecule has 0 aliphatic carbocycles. The molecule has 0 aliphatic heterocycles. The fraction of sp³-hybridized carbons (Fsp3) is 0.750. The predicted octanol–water partition coefficient (Wildman–Crippen LogP) is -0.135. The lowest BCUT2D eigenvalue weighted by atomic mass is 10.3. The van der Waals surface area contributed by atoms with Gasteiger partial charge in [0.2, 0.25) is 0 Å². The van der Waals surface area contributed by atoms with Crippen LogP contribution in [0.1, 0.15) is 19.3 Å². The molecule has 0 aromatic carbocycles. The molecule has 5 heteroatoms. The van der Waals surface area contributed by atoms with E-state index < -0.39 is 11.9 Å². The Bertz CT molecular complexity index is 166. The van der Waals surface area contributed by atoms with E-state index in [1.54, 1.807) is 0 Å². The van der Waals surface area contributed by atoms with Gasteiger partial charge in [-0.3, -0.25) is 9.59 Å². The highest BCUT2D eigenvalue weighted by Crippen LogP contribution is 1.95. The largest absolute Gasteiger partial charge is 0.469 e. The van der Waals surface area contributed by atoms with Crippen LogP contribution in [0.15, 0.2) is 0 Å². The lowest BCUT2D eigenvalue weighted by molar-refractivity contribution is -0.149. The van der Waals surface area contributed by atoms with Crippen LogP contribution in [0, 0.1) is 0 Å². The minimum Gasteiger partial charge on any atom is -0.469 e. The molecule has 5 nitrogen and oxygen atoms in total. The van der Waals surface area contributed by atoms with Gasteiger partial charge in [0.1, 0.15) is 0 Å². The highest BCUT2D eigenvalue weighted by atomic mass is 16.5. The predicted molar refractivity (Wildman–Crippen MR) is 43.9 cm³/mol. The maximum absolute atomic E-state index is 10.8. The molecular weight excluding hydrogens is 176 g/mol. The summed E-state index contributed by atoms with van der Waals surface area (Å²) in [6, 6.07) is 0. The molecule has 0 aromatic heterocycles. The Hall–Kier alpha value is -1.10. The Morgan fingerprint density at radius 2 is 1.85 bits per heavy atom. The average Bonchev–Trinajstić information content (AvgIpc) is 2.14.